The average molecular weight is 220 g/mol. The quantitative estimate of drug-likeness (QED) is 0.691. The van der Waals surface area contributed by atoms with E-state index in [0.29, 0.717) is 0 Å². The second-order valence-corrected chi connectivity index (χ2v) is 5.00. The van der Waals surface area contributed by atoms with Gasteiger partial charge in [0.25, 0.3) is 5.91 Å². The minimum Gasteiger partial charge on any atom is -0.381 e. The molecule has 0 aromatic rings. The molecule has 0 saturated heterocycles. The molecule has 1 saturated carbocycles. The molecule has 0 bridgehead atoms. The first-order valence-corrected chi connectivity index (χ1v) is 5.52. The maximum Gasteiger partial charge on any atom is 0.251 e. The molecule has 1 aliphatic rings. The Hall–Kier alpha value is -0.280. The van der Waals surface area contributed by atoms with Crippen LogP contribution in [0.5, 0.6) is 0 Å². The first-order chi connectivity index (χ1) is 6.41. The summed E-state index contributed by atoms with van der Waals surface area (Å²) in [5.74, 6) is -0.338. The molecule has 1 fully saturated rings. The molecular formula is C10H18ClNO2. The Morgan fingerprint density at radius 3 is 2.50 bits per heavy atom. The van der Waals surface area contributed by atoms with Gasteiger partial charge in [-0.3, -0.25) is 4.79 Å². The van der Waals surface area contributed by atoms with Crippen molar-refractivity contribution in [1.82, 2.24) is 5.32 Å². The van der Waals surface area contributed by atoms with Crippen molar-refractivity contribution in [2.45, 2.75) is 56.6 Å². The molecular weight excluding hydrogens is 202 g/mol. The van der Waals surface area contributed by atoms with Crippen molar-refractivity contribution in [3.63, 3.8) is 0 Å². The number of hydrogen-bond acceptors (Lipinski definition) is 2. The summed E-state index contributed by atoms with van der Waals surface area (Å²) in [6.07, 6.45) is 4.08. The predicted molar refractivity (Wildman–Crippen MR) is 56.3 cm³/mol. The van der Waals surface area contributed by atoms with E-state index in [1.165, 1.54) is 13.8 Å². The van der Waals surface area contributed by atoms with Gasteiger partial charge in [0.15, 0.2) is 0 Å². The summed E-state index contributed by atoms with van der Waals surface area (Å²) in [7, 11) is 0. The van der Waals surface area contributed by atoms with Gasteiger partial charge >= 0.3 is 0 Å². The van der Waals surface area contributed by atoms with Gasteiger partial charge in [-0.15, -0.1) is 11.6 Å². The van der Waals surface area contributed by atoms with Gasteiger partial charge in [0, 0.05) is 6.04 Å². The summed E-state index contributed by atoms with van der Waals surface area (Å²) in [6, 6.07) is 0.0179. The Kier molecular flexibility index (Phi) is 3.78. The Balaban J connectivity index is 2.46. The van der Waals surface area contributed by atoms with Gasteiger partial charge in [-0.1, -0.05) is 12.8 Å². The van der Waals surface area contributed by atoms with E-state index >= 15 is 0 Å². The zero-order valence-corrected chi connectivity index (χ0v) is 9.47. The lowest BCUT2D eigenvalue weighted by Gasteiger charge is -2.30. The smallest absolute Gasteiger partial charge is 0.251 e. The number of rotatable bonds is 2. The normalized spacial score (nSPS) is 28.6. The van der Waals surface area contributed by atoms with E-state index in [1.807, 2.05) is 0 Å². The molecule has 0 aliphatic heterocycles. The molecule has 0 spiro atoms. The molecule has 0 aromatic carbocycles. The fraction of sp³-hybridized carbons (Fsp3) is 0.900. The molecule has 0 radical (unpaired) electrons. The van der Waals surface area contributed by atoms with E-state index in [4.69, 9.17) is 11.6 Å². The molecule has 3 nitrogen and oxygen atoms in total. The van der Waals surface area contributed by atoms with Crippen molar-refractivity contribution in [3.8, 4) is 0 Å². The number of hydrogen-bond donors (Lipinski definition) is 2. The highest BCUT2D eigenvalue weighted by Crippen LogP contribution is 2.23. The summed E-state index contributed by atoms with van der Waals surface area (Å²) >= 11 is 6.08. The number of halogens is 1. The van der Waals surface area contributed by atoms with Crippen molar-refractivity contribution in [1.29, 1.82) is 0 Å². The summed E-state index contributed by atoms with van der Waals surface area (Å²) in [5.41, 5.74) is -1.31. The van der Waals surface area contributed by atoms with Crippen molar-refractivity contribution in [3.05, 3.63) is 0 Å². The fourth-order valence-electron chi connectivity index (χ4n) is 1.59. The molecule has 4 heteroatoms. The zero-order valence-electron chi connectivity index (χ0n) is 8.72. The van der Waals surface area contributed by atoms with Crippen molar-refractivity contribution in [2.24, 2.45) is 0 Å². The molecule has 1 rings (SSSR count). The molecule has 0 aromatic heterocycles. The van der Waals surface area contributed by atoms with Crippen LogP contribution in [0.2, 0.25) is 0 Å². The van der Waals surface area contributed by atoms with Crippen molar-refractivity contribution in [2.75, 3.05) is 0 Å². The monoisotopic (exact) mass is 219 g/mol. The molecule has 1 amide bonds. The van der Waals surface area contributed by atoms with E-state index < -0.39 is 5.60 Å². The minimum absolute atomic E-state index is 0.00931. The number of carbonyl (C=O) groups is 1. The summed E-state index contributed by atoms with van der Waals surface area (Å²) < 4.78 is 0. The van der Waals surface area contributed by atoms with Gasteiger partial charge < -0.3 is 10.4 Å². The van der Waals surface area contributed by atoms with Crippen LogP contribution >= 0.6 is 11.6 Å². The van der Waals surface area contributed by atoms with Crippen LogP contribution < -0.4 is 5.32 Å². The summed E-state index contributed by atoms with van der Waals surface area (Å²) in [6.45, 7) is 2.96. The lowest BCUT2D eigenvalue weighted by Crippen LogP contribution is -2.50. The lowest BCUT2D eigenvalue weighted by molar-refractivity contribution is -0.137. The molecule has 2 atom stereocenters. The Labute approximate surface area is 89.8 Å². The SMILES string of the molecule is CC(C)(O)C(=O)NC1CCCCC1Cl. The largest absolute Gasteiger partial charge is 0.381 e. The minimum atomic E-state index is -1.31. The van der Waals surface area contributed by atoms with E-state index in [2.05, 4.69) is 5.32 Å². The van der Waals surface area contributed by atoms with Crippen LogP contribution in [-0.2, 0) is 4.79 Å². The number of alkyl halides is 1. The van der Waals surface area contributed by atoms with Gasteiger partial charge in [0.1, 0.15) is 5.60 Å². The Morgan fingerprint density at radius 2 is 2.00 bits per heavy atom. The van der Waals surface area contributed by atoms with Gasteiger partial charge in [0.05, 0.1) is 5.38 Å². The highest BCUT2D eigenvalue weighted by Gasteiger charge is 2.30. The zero-order chi connectivity index (χ0) is 10.8. The first kappa shape index (κ1) is 11.8. The van der Waals surface area contributed by atoms with Gasteiger partial charge in [-0.25, -0.2) is 0 Å². The topological polar surface area (TPSA) is 49.3 Å². The summed E-state index contributed by atoms with van der Waals surface area (Å²) in [5, 5.41) is 12.2. The highest BCUT2D eigenvalue weighted by molar-refractivity contribution is 6.21. The number of nitrogens with one attached hydrogen (secondary N) is 1. The second-order valence-electron chi connectivity index (χ2n) is 4.44. The average Bonchev–Trinajstić information content (AvgIpc) is 2.07. The van der Waals surface area contributed by atoms with Crippen LogP contribution in [0.1, 0.15) is 39.5 Å². The van der Waals surface area contributed by atoms with Crippen LogP contribution in [-0.4, -0.2) is 28.0 Å². The van der Waals surface area contributed by atoms with Crippen LogP contribution in [0.4, 0.5) is 0 Å². The van der Waals surface area contributed by atoms with Gasteiger partial charge in [0.2, 0.25) is 0 Å². The van der Waals surface area contributed by atoms with Crippen LogP contribution in [0, 0.1) is 0 Å². The van der Waals surface area contributed by atoms with Crippen molar-refractivity contribution >= 4 is 17.5 Å². The Morgan fingerprint density at radius 1 is 1.43 bits per heavy atom. The number of amides is 1. The first-order valence-electron chi connectivity index (χ1n) is 5.08. The van der Waals surface area contributed by atoms with Crippen LogP contribution in [0.15, 0.2) is 0 Å². The predicted octanol–water partition coefficient (Wildman–Crippen LogP) is 1.42. The number of carbonyl (C=O) groups excluding carboxylic acids is 1. The van der Waals surface area contributed by atoms with E-state index in [-0.39, 0.29) is 17.3 Å². The standard InChI is InChI=1S/C10H18ClNO2/c1-10(2,14)9(13)12-8-6-4-3-5-7(8)11/h7-8,14H,3-6H2,1-2H3,(H,12,13). The third-order valence-electron chi connectivity index (χ3n) is 2.55. The van der Waals surface area contributed by atoms with Crippen LogP contribution in [0.3, 0.4) is 0 Å². The molecule has 0 heterocycles. The van der Waals surface area contributed by atoms with Crippen LogP contribution in [0.25, 0.3) is 0 Å². The molecule has 1 aliphatic carbocycles. The van der Waals surface area contributed by atoms with E-state index in [9.17, 15) is 9.90 Å². The third-order valence-corrected chi connectivity index (χ3v) is 3.08. The lowest BCUT2D eigenvalue weighted by atomic mass is 9.94. The molecule has 2 unspecified atom stereocenters. The Bertz CT molecular complexity index is 213. The van der Waals surface area contributed by atoms with Gasteiger partial charge in [-0.05, 0) is 26.7 Å². The second kappa shape index (κ2) is 4.49. The summed E-state index contributed by atoms with van der Waals surface area (Å²) in [4.78, 5) is 11.5. The fourth-order valence-corrected chi connectivity index (χ4v) is 1.94. The van der Waals surface area contributed by atoms with Crippen molar-refractivity contribution < 1.29 is 9.90 Å². The van der Waals surface area contributed by atoms with E-state index in [0.717, 1.165) is 25.7 Å². The molecule has 82 valence electrons. The third kappa shape index (κ3) is 3.14. The maximum atomic E-state index is 11.5. The maximum absolute atomic E-state index is 11.5. The van der Waals surface area contributed by atoms with Gasteiger partial charge in [-0.2, -0.15) is 0 Å². The molecule has 14 heavy (non-hydrogen) atoms. The number of aliphatic hydroxyl groups is 1. The molecule has 2 N–H and O–H groups in total. The highest BCUT2D eigenvalue weighted by atomic mass is 35.5. The van der Waals surface area contributed by atoms with E-state index in [1.54, 1.807) is 0 Å².